The van der Waals surface area contributed by atoms with Crippen molar-refractivity contribution < 1.29 is 9.84 Å². The number of hydrogen-bond acceptors (Lipinski definition) is 5. The molecule has 0 aliphatic rings. The summed E-state index contributed by atoms with van der Waals surface area (Å²) in [6.45, 7) is 4.15. The van der Waals surface area contributed by atoms with Gasteiger partial charge in [0.15, 0.2) is 0 Å². The van der Waals surface area contributed by atoms with E-state index in [1.165, 1.54) is 0 Å². The first kappa shape index (κ1) is 13.5. The van der Waals surface area contributed by atoms with Gasteiger partial charge in [-0.05, 0) is 37.1 Å². The van der Waals surface area contributed by atoms with Crippen molar-refractivity contribution in [2.45, 2.75) is 27.0 Å². The zero-order valence-corrected chi connectivity index (χ0v) is 11.1. The van der Waals surface area contributed by atoms with E-state index in [0.29, 0.717) is 18.2 Å². The Morgan fingerprint density at radius 1 is 1.26 bits per heavy atom. The van der Waals surface area contributed by atoms with Crippen LogP contribution >= 0.6 is 0 Å². The molecule has 1 aromatic carbocycles. The van der Waals surface area contributed by atoms with Crippen molar-refractivity contribution in [2.24, 2.45) is 5.73 Å². The number of nitrogens with zero attached hydrogens (tertiary/aromatic N) is 2. The predicted molar refractivity (Wildman–Crippen MR) is 71.8 cm³/mol. The van der Waals surface area contributed by atoms with Crippen LogP contribution in [0.3, 0.4) is 0 Å². The Bertz CT molecular complexity index is 585. The highest BCUT2D eigenvalue weighted by Crippen LogP contribution is 2.26. The second-order valence-electron chi connectivity index (χ2n) is 4.31. The lowest BCUT2D eigenvalue weighted by Gasteiger charge is -2.12. The zero-order valence-electron chi connectivity index (χ0n) is 11.1. The summed E-state index contributed by atoms with van der Waals surface area (Å²) in [4.78, 5) is 0. The van der Waals surface area contributed by atoms with Crippen molar-refractivity contribution in [2.75, 3.05) is 0 Å². The Morgan fingerprint density at radius 2 is 2.05 bits per heavy atom. The minimum Gasteiger partial charge on any atom is -0.437 e. The van der Waals surface area contributed by atoms with E-state index in [2.05, 4.69) is 10.2 Å². The van der Waals surface area contributed by atoms with Gasteiger partial charge in [0.2, 0.25) is 5.88 Å². The number of aliphatic hydroxyl groups excluding tert-OH is 1. The van der Waals surface area contributed by atoms with Crippen molar-refractivity contribution in [1.82, 2.24) is 10.2 Å². The first-order valence-electron chi connectivity index (χ1n) is 6.06. The highest BCUT2D eigenvalue weighted by Gasteiger charge is 2.11. The Morgan fingerprint density at radius 3 is 2.74 bits per heavy atom. The lowest BCUT2D eigenvalue weighted by Crippen LogP contribution is -2.07. The van der Waals surface area contributed by atoms with Gasteiger partial charge < -0.3 is 15.6 Å². The van der Waals surface area contributed by atoms with Gasteiger partial charge in [-0.3, -0.25) is 0 Å². The molecule has 0 saturated heterocycles. The average molecular weight is 259 g/mol. The third-order valence-electron chi connectivity index (χ3n) is 3.04. The number of benzene rings is 1. The largest absolute Gasteiger partial charge is 0.437 e. The van der Waals surface area contributed by atoms with Crippen LogP contribution < -0.4 is 10.5 Å². The molecule has 0 spiro atoms. The van der Waals surface area contributed by atoms with Crippen LogP contribution in [0, 0.1) is 13.8 Å². The first-order valence-corrected chi connectivity index (χ1v) is 6.06. The SMILES string of the molecule is Cc1nnc(Oc2cccc(CO)c2)c(CN)c1C. The van der Waals surface area contributed by atoms with Crippen molar-refractivity contribution in [3.8, 4) is 11.6 Å². The molecule has 19 heavy (non-hydrogen) atoms. The fourth-order valence-electron chi connectivity index (χ4n) is 1.78. The Labute approximate surface area is 112 Å². The summed E-state index contributed by atoms with van der Waals surface area (Å²) in [5.41, 5.74) is 9.21. The molecular formula is C14H17N3O2. The number of aryl methyl sites for hydroxylation is 1. The van der Waals surface area contributed by atoms with Crippen molar-refractivity contribution in [1.29, 1.82) is 0 Å². The maximum Gasteiger partial charge on any atom is 0.243 e. The number of rotatable bonds is 4. The van der Waals surface area contributed by atoms with Crippen LogP contribution in [0.1, 0.15) is 22.4 Å². The van der Waals surface area contributed by atoms with Crippen molar-refractivity contribution >= 4 is 0 Å². The molecule has 2 rings (SSSR count). The monoisotopic (exact) mass is 259 g/mol. The Kier molecular flexibility index (Phi) is 4.09. The molecule has 2 aromatic rings. The number of aromatic nitrogens is 2. The molecule has 1 aromatic heterocycles. The van der Waals surface area contributed by atoms with E-state index in [1.807, 2.05) is 26.0 Å². The molecule has 5 heteroatoms. The van der Waals surface area contributed by atoms with Gasteiger partial charge in [-0.25, -0.2) is 0 Å². The lowest BCUT2D eigenvalue weighted by atomic mass is 10.1. The fourth-order valence-corrected chi connectivity index (χ4v) is 1.78. The molecule has 0 amide bonds. The molecule has 0 aliphatic heterocycles. The molecule has 1 heterocycles. The Hall–Kier alpha value is -1.98. The summed E-state index contributed by atoms with van der Waals surface area (Å²) < 4.78 is 5.71. The zero-order chi connectivity index (χ0) is 13.8. The maximum atomic E-state index is 9.11. The molecule has 100 valence electrons. The smallest absolute Gasteiger partial charge is 0.243 e. The molecule has 0 fully saturated rings. The molecule has 0 saturated carbocycles. The predicted octanol–water partition coefficient (Wildman–Crippen LogP) is 1.84. The quantitative estimate of drug-likeness (QED) is 0.875. The van der Waals surface area contributed by atoms with Crippen LogP contribution in [0.25, 0.3) is 0 Å². The maximum absolute atomic E-state index is 9.11. The molecule has 0 radical (unpaired) electrons. The van der Waals surface area contributed by atoms with Crippen LogP contribution in [0.4, 0.5) is 0 Å². The van der Waals surface area contributed by atoms with E-state index in [0.717, 1.165) is 22.4 Å². The van der Waals surface area contributed by atoms with Gasteiger partial charge in [-0.15, -0.1) is 5.10 Å². The number of nitrogens with two attached hydrogens (primary N) is 1. The van der Waals surface area contributed by atoms with Gasteiger partial charge in [-0.2, -0.15) is 5.10 Å². The summed E-state index contributed by atoms with van der Waals surface area (Å²) in [6, 6.07) is 7.20. The molecule has 3 N–H and O–H groups in total. The van der Waals surface area contributed by atoms with Gasteiger partial charge in [0.1, 0.15) is 5.75 Å². The van der Waals surface area contributed by atoms with Crippen molar-refractivity contribution in [3.63, 3.8) is 0 Å². The fraction of sp³-hybridized carbons (Fsp3) is 0.286. The third kappa shape index (κ3) is 2.89. The third-order valence-corrected chi connectivity index (χ3v) is 3.04. The van der Waals surface area contributed by atoms with E-state index in [-0.39, 0.29) is 6.61 Å². The van der Waals surface area contributed by atoms with E-state index < -0.39 is 0 Å². The molecule has 0 atom stereocenters. The molecular weight excluding hydrogens is 242 g/mol. The van der Waals surface area contributed by atoms with E-state index in [9.17, 15) is 0 Å². The summed E-state index contributed by atoms with van der Waals surface area (Å²) in [7, 11) is 0. The second kappa shape index (κ2) is 5.77. The lowest BCUT2D eigenvalue weighted by molar-refractivity contribution is 0.281. The van der Waals surface area contributed by atoms with Gasteiger partial charge in [0, 0.05) is 12.1 Å². The number of hydrogen-bond donors (Lipinski definition) is 2. The van der Waals surface area contributed by atoms with Gasteiger partial charge in [-0.1, -0.05) is 12.1 Å². The van der Waals surface area contributed by atoms with Crippen molar-refractivity contribution in [3.05, 3.63) is 46.6 Å². The average Bonchev–Trinajstić information content (AvgIpc) is 2.43. The van der Waals surface area contributed by atoms with E-state index in [1.54, 1.807) is 12.1 Å². The highest BCUT2D eigenvalue weighted by molar-refractivity contribution is 5.38. The molecule has 0 aliphatic carbocycles. The Balaban J connectivity index is 2.35. The minimum absolute atomic E-state index is 0.0282. The second-order valence-corrected chi connectivity index (χ2v) is 4.31. The van der Waals surface area contributed by atoms with Gasteiger partial charge >= 0.3 is 0 Å². The summed E-state index contributed by atoms with van der Waals surface area (Å²) in [5, 5.41) is 17.2. The van der Waals surface area contributed by atoms with Crippen LogP contribution in [0.5, 0.6) is 11.6 Å². The van der Waals surface area contributed by atoms with Crippen LogP contribution in [0.15, 0.2) is 24.3 Å². The summed E-state index contributed by atoms with van der Waals surface area (Å²) >= 11 is 0. The standard InChI is InChI=1S/C14H17N3O2/c1-9-10(2)16-17-14(13(9)7-15)19-12-5-3-4-11(6-12)8-18/h3-6,18H,7-8,15H2,1-2H3. The first-order chi connectivity index (χ1) is 9.15. The number of aliphatic hydroxyl groups is 1. The van der Waals surface area contributed by atoms with Gasteiger partial charge in [0.25, 0.3) is 0 Å². The molecule has 0 bridgehead atoms. The van der Waals surface area contributed by atoms with E-state index in [4.69, 9.17) is 15.6 Å². The normalized spacial score (nSPS) is 10.5. The minimum atomic E-state index is -0.0282. The summed E-state index contributed by atoms with van der Waals surface area (Å²) in [6.07, 6.45) is 0. The van der Waals surface area contributed by atoms with Crippen LogP contribution in [-0.4, -0.2) is 15.3 Å². The number of ether oxygens (including phenoxy) is 1. The van der Waals surface area contributed by atoms with Crippen LogP contribution in [-0.2, 0) is 13.2 Å². The van der Waals surface area contributed by atoms with Gasteiger partial charge in [0.05, 0.1) is 12.3 Å². The topological polar surface area (TPSA) is 81.3 Å². The summed E-state index contributed by atoms with van der Waals surface area (Å²) in [5.74, 6) is 1.03. The molecule has 5 nitrogen and oxygen atoms in total. The van der Waals surface area contributed by atoms with E-state index >= 15 is 0 Å². The van der Waals surface area contributed by atoms with Crippen LogP contribution in [0.2, 0.25) is 0 Å². The highest BCUT2D eigenvalue weighted by atomic mass is 16.5. The molecule has 0 unspecified atom stereocenters.